The summed E-state index contributed by atoms with van der Waals surface area (Å²) in [6.45, 7) is 0.869. The molecule has 0 bridgehead atoms. The molecule has 0 amide bonds. The third-order valence-corrected chi connectivity index (χ3v) is 3.79. The highest BCUT2D eigenvalue weighted by Gasteiger charge is 2.17. The summed E-state index contributed by atoms with van der Waals surface area (Å²) in [4.78, 5) is 0.911. The third-order valence-electron chi connectivity index (χ3n) is 2.55. The Kier molecular flexibility index (Phi) is 3.71. The lowest BCUT2D eigenvalue weighted by Crippen LogP contribution is -2.05. The first-order chi connectivity index (χ1) is 8.19. The van der Waals surface area contributed by atoms with Crippen LogP contribution in [0.2, 0.25) is 0 Å². The summed E-state index contributed by atoms with van der Waals surface area (Å²) in [7, 11) is 3.34. The molecule has 1 aromatic heterocycles. The average Bonchev–Trinajstić information content (AvgIpc) is 2.66. The number of halogens is 2. The van der Waals surface area contributed by atoms with E-state index in [4.69, 9.17) is 4.74 Å². The topological polar surface area (TPSA) is 21.3 Å². The number of hydrogen-bond acceptors (Lipinski definition) is 3. The van der Waals surface area contributed by atoms with E-state index in [0.717, 1.165) is 22.6 Å². The standard InChI is InChI=1S/C12H13F2NOS/c1-15-5-10-7(6-16-2)11-8(13)3-4-9(14)12(11)17-10/h3-4,15H,5-6H2,1-2H3. The molecule has 1 N–H and O–H groups in total. The number of nitrogens with one attached hydrogen (secondary N) is 1. The Morgan fingerprint density at radius 2 is 2.00 bits per heavy atom. The smallest absolute Gasteiger partial charge is 0.141 e. The van der Waals surface area contributed by atoms with Gasteiger partial charge in [0.1, 0.15) is 11.6 Å². The van der Waals surface area contributed by atoms with Crippen molar-refractivity contribution in [3.63, 3.8) is 0 Å². The van der Waals surface area contributed by atoms with Crippen molar-refractivity contribution in [2.24, 2.45) is 0 Å². The van der Waals surface area contributed by atoms with E-state index in [1.807, 2.05) is 0 Å². The quantitative estimate of drug-likeness (QED) is 0.909. The molecule has 0 aliphatic carbocycles. The average molecular weight is 257 g/mol. The Balaban J connectivity index is 2.70. The molecule has 0 unspecified atom stereocenters. The molecule has 5 heteroatoms. The molecule has 92 valence electrons. The third kappa shape index (κ3) is 2.18. The molecular weight excluding hydrogens is 244 g/mol. The SMILES string of the molecule is CNCc1sc2c(F)ccc(F)c2c1COC. The first-order valence-corrected chi connectivity index (χ1v) is 6.02. The molecular formula is C12H13F2NOS. The van der Waals surface area contributed by atoms with Gasteiger partial charge in [0.15, 0.2) is 0 Å². The van der Waals surface area contributed by atoms with Crippen molar-refractivity contribution in [3.05, 3.63) is 34.2 Å². The molecule has 0 atom stereocenters. The summed E-state index contributed by atoms with van der Waals surface area (Å²) in [5.74, 6) is -0.779. The van der Waals surface area contributed by atoms with Crippen molar-refractivity contribution in [3.8, 4) is 0 Å². The minimum atomic E-state index is -0.396. The van der Waals surface area contributed by atoms with E-state index in [1.54, 1.807) is 14.2 Å². The van der Waals surface area contributed by atoms with Gasteiger partial charge in [-0.1, -0.05) is 0 Å². The molecule has 2 rings (SSSR count). The number of fused-ring (bicyclic) bond motifs is 1. The molecule has 0 aliphatic heterocycles. The molecule has 2 nitrogen and oxygen atoms in total. The van der Waals surface area contributed by atoms with E-state index in [1.165, 1.54) is 11.3 Å². The Morgan fingerprint density at radius 1 is 1.29 bits per heavy atom. The number of methoxy groups -OCH3 is 1. The Hall–Kier alpha value is -1.04. The summed E-state index contributed by atoms with van der Waals surface area (Å²) in [6, 6.07) is 2.32. The summed E-state index contributed by atoms with van der Waals surface area (Å²) < 4.78 is 32.8. The monoisotopic (exact) mass is 257 g/mol. The van der Waals surface area contributed by atoms with E-state index < -0.39 is 5.82 Å². The number of hydrogen-bond donors (Lipinski definition) is 1. The van der Waals surface area contributed by atoms with Gasteiger partial charge in [0.25, 0.3) is 0 Å². The maximum atomic E-state index is 13.8. The van der Waals surface area contributed by atoms with Gasteiger partial charge in [-0.3, -0.25) is 0 Å². The minimum Gasteiger partial charge on any atom is -0.380 e. The van der Waals surface area contributed by atoms with Crippen LogP contribution in [0.1, 0.15) is 10.4 Å². The molecule has 1 aromatic carbocycles. The number of ether oxygens (including phenoxy) is 1. The fourth-order valence-corrected chi connectivity index (χ4v) is 3.07. The van der Waals surface area contributed by atoms with Crippen LogP contribution >= 0.6 is 11.3 Å². The Bertz CT molecular complexity index is 539. The first-order valence-electron chi connectivity index (χ1n) is 5.20. The lowest BCUT2D eigenvalue weighted by molar-refractivity contribution is 0.185. The predicted octanol–water partition coefficient (Wildman–Crippen LogP) is 3.05. The fourth-order valence-electron chi connectivity index (χ4n) is 1.84. The van der Waals surface area contributed by atoms with Gasteiger partial charge in [-0.15, -0.1) is 11.3 Å². The second-order valence-corrected chi connectivity index (χ2v) is 4.81. The van der Waals surface area contributed by atoms with Crippen LogP contribution in [-0.4, -0.2) is 14.2 Å². The summed E-state index contributed by atoms with van der Waals surface area (Å²) >= 11 is 1.27. The van der Waals surface area contributed by atoms with Crippen molar-refractivity contribution in [2.75, 3.05) is 14.2 Å². The van der Waals surface area contributed by atoms with Crippen molar-refractivity contribution in [1.29, 1.82) is 0 Å². The van der Waals surface area contributed by atoms with E-state index in [0.29, 0.717) is 16.6 Å². The van der Waals surface area contributed by atoms with E-state index >= 15 is 0 Å². The van der Waals surface area contributed by atoms with Crippen molar-refractivity contribution < 1.29 is 13.5 Å². The number of rotatable bonds is 4. The summed E-state index contributed by atoms with van der Waals surface area (Å²) in [5.41, 5.74) is 0.735. The Morgan fingerprint density at radius 3 is 2.65 bits per heavy atom. The highest BCUT2D eigenvalue weighted by atomic mass is 32.1. The maximum Gasteiger partial charge on any atom is 0.141 e. The molecule has 2 aromatic rings. The van der Waals surface area contributed by atoms with Gasteiger partial charge < -0.3 is 10.1 Å². The summed E-state index contributed by atoms with van der Waals surface area (Å²) in [6.07, 6.45) is 0. The van der Waals surface area contributed by atoms with Gasteiger partial charge in [0, 0.05) is 29.5 Å². The van der Waals surface area contributed by atoms with Crippen LogP contribution in [-0.2, 0) is 17.9 Å². The van der Waals surface area contributed by atoms with E-state index in [9.17, 15) is 8.78 Å². The maximum absolute atomic E-state index is 13.8. The van der Waals surface area contributed by atoms with Gasteiger partial charge in [-0.25, -0.2) is 8.78 Å². The van der Waals surface area contributed by atoms with Gasteiger partial charge in [0.2, 0.25) is 0 Å². The van der Waals surface area contributed by atoms with E-state index in [2.05, 4.69) is 5.32 Å². The zero-order valence-corrected chi connectivity index (χ0v) is 10.5. The molecule has 0 fully saturated rings. The fraction of sp³-hybridized carbons (Fsp3) is 0.333. The molecule has 0 spiro atoms. The van der Waals surface area contributed by atoms with Gasteiger partial charge in [-0.2, -0.15) is 0 Å². The molecule has 0 aliphatic rings. The highest BCUT2D eigenvalue weighted by Crippen LogP contribution is 2.35. The minimum absolute atomic E-state index is 0.289. The van der Waals surface area contributed by atoms with Crippen LogP contribution in [0.5, 0.6) is 0 Å². The molecule has 0 saturated heterocycles. The normalized spacial score (nSPS) is 11.3. The van der Waals surface area contributed by atoms with Crippen molar-refractivity contribution in [1.82, 2.24) is 5.32 Å². The zero-order chi connectivity index (χ0) is 12.4. The highest BCUT2D eigenvalue weighted by molar-refractivity contribution is 7.19. The number of thiophene rings is 1. The zero-order valence-electron chi connectivity index (χ0n) is 9.64. The van der Waals surface area contributed by atoms with Gasteiger partial charge in [0.05, 0.1) is 11.3 Å². The second kappa shape index (κ2) is 5.08. The summed E-state index contributed by atoms with van der Waals surface area (Å²) in [5, 5.41) is 3.34. The van der Waals surface area contributed by atoms with E-state index in [-0.39, 0.29) is 12.4 Å². The first kappa shape index (κ1) is 12.4. The van der Waals surface area contributed by atoms with Crippen LogP contribution in [0, 0.1) is 11.6 Å². The van der Waals surface area contributed by atoms with Crippen molar-refractivity contribution in [2.45, 2.75) is 13.2 Å². The number of benzene rings is 1. The predicted molar refractivity (Wildman–Crippen MR) is 65.2 cm³/mol. The van der Waals surface area contributed by atoms with Crippen LogP contribution in [0.3, 0.4) is 0 Å². The van der Waals surface area contributed by atoms with Crippen LogP contribution in [0.15, 0.2) is 12.1 Å². The molecule has 17 heavy (non-hydrogen) atoms. The Labute approximate surface area is 102 Å². The van der Waals surface area contributed by atoms with Crippen LogP contribution in [0.4, 0.5) is 8.78 Å². The van der Waals surface area contributed by atoms with Gasteiger partial charge >= 0.3 is 0 Å². The molecule has 1 heterocycles. The largest absolute Gasteiger partial charge is 0.380 e. The lowest BCUT2D eigenvalue weighted by Gasteiger charge is -2.03. The lowest BCUT2D eigenvalue weighted by atomic mass is 10.1. The second-order valence-electron chi connectivity index (χ2n) is 3.70. The van der Waals surface area contributed by atoms with Gasteiger partial charge in [-0.05, 0) is 19.2 Å². The van der Waals surface area contributed by atoms with Crippen LogP contribution in [0.25, 0.3) is 10.1 Å². The molecule has 0 saturated carbocycles. The van der Waals surface area contributed by atoms with Crippen molar-refractivity contribution >= 4 is 21.4 Å². The van der Waals surface area contributed by atoms with Crippen LogP contribution < -0.4 is 5.32 Å². The molecule has 0 radical (unpaired) electrons.